The largest absolute Gasteiger partial charge is 0.463 e. The van der Waals surface area contributed by atoms with Crippen LogP contribution in [-0.4, -0.2) is 10.1 Å². The lowest BCUT2D eigenvalue weighted by Gasteiger charge is -2.09. The standard InChI is InChI=1S/C11H12N2O2/c1-7-4-5-9(15-7)10(14)8-3-2-6-13-11(8)12/h2-6,10,14H,1H3,(H2,12,13). The summed E-state index contributed by atoms with van der Waals surface area (Å²) < 4.78 is 5.32. The van der Waals surface area contributed by atoms with Crippen LogP contribution >= 0.6 is 0 Å². The van der Waals surface area contributed by atoms with Crippen molar-refractivity contribution in [1.29, 1.82) is 0 Å². The molecular weight excluding hydrogens is 192 g/mol. The molecule has 0 aromatic carbocycles. The Hall–Kier alpha value is -1.81. The highest BCUT2D eigenvalue weighted by Crippen LogP contribution is 2.26. The molecule has 2 rings (SSSR count). The number of nitrogen functional groups attached to an aromatic ring is 1. The van der Waals surface area contributed by atoms with E-state index >= 15 is 0 Å². The molecule has 1 atom stereocenters. The van der Waals surface area contributed by atoms with Crippen molar-refractivity contribution in [1.82, 2.24) is 4.98 Å². The topological polar surface area (TPSA) is 72.3 Å². The summed E-state index contributed by atoms with van der Waals surface area (Å²) in [6.07, 6.45) is 0.728. The smallest absolute Gasteiger partial charge is 0.140 e. The molecule has 0 aliphatic rings. The number of aliphatic hydroxyl groups is 1. The molecule has 2 aromatic heterocycles. The highest BCUT2D eigenvalue weighted by Gasteiger charge is 2.16. The maximum Gasteiger partial charge on any atom is 0.140 e. The third-order valence-electron chi connectivity index (χ3n) is 2.20. The first-order chi connectivity index (χ1) is 7.18. The Morgan fingerprint density at radius 3 is 2.80 bits per heavy atom. The number of anilines is 1. The van der Waals surface area contributed by atoms with Gasteiger partial charge in [-0.05, 0) is 25.1 Å². The van der Waals surface area contributed by atoms with Gasteiger partial charge in [-0.15, -0.1) is 0 Å². The van der Waals surface area contributed by atoms with Gasteiger partial charge in [0.25, 0.3) is 0 Å². The second kappa shape index (κ2) is 3.74. The van der Waals surface area contributed by atoms with Gasteiger partial charge < -0.3 is 15.3 Å². The van der Waals surface area contributed by atoms with Crippen molar-refractivity contribution in [2.75, 3.05) is 5.73 Å². The summed E-state index contributed by atoms with van der Waals surface area (Å²) in [5.41, 5.74) is 6.21. The van der Waals surface area contributed by atoms with Crippen molar-refractivity contribution in [2.45, 2.75) is 13.0 Å². The number of nitrogens with zero attached hydrogens (tertiary/aromatic N) is 1. The number of aryl methyl sites for hydroxylation is 1. The van der Waals surface area contributed by atoms with E-state index in [4.69, 9.17) is 10.2 Å². The molecular formula is C11H12N2O2. The first kappa shape index (κ1) is 9.73. The Morgan fingerprint density at radius 1 is 1.40 bits per heavy atom. The van der Waals surface area contributed by atoms with E-state index in [1.807, 2.05) is 6.92 Å². The first-order valence-corrected chi connectivity index (χ1v) is 4.63. The van der Waals surface area contributed by atoms with Crippen molar-refractivity contribution in [3.8, 4) is 0 Å². The van der Waals surface area contributed by atoms with E-state index in [9.17, 15) is 5.11 Å². The Kier molecular flexibility index (Phi) is 2.43. The number of furan rings is 1. The van der Waals surface area contributed by atoms with E-state index in [-0.39, 0.29) is 0 Å². The molecule has 0 fully saturated rings. The van der Waals surface area contributed by atoms with E-state index in [1.54, 1.807) is 30.5 Å². The Bertz CT molecular complexity index is 465. The Balaban J connectivity index is 2.36. The van der Waals surface area contributed by atoms with Crippen LogP contribution in [0.5, 0.6) is 0 Å². The molecule has 78 valence electrons. The second-order valence-corrected chi connectivity index (χ2v) is 3.33. The fourth-order valence-corrected chi connectivity index (χ4v) is 1.41. The van der Waals surface area contributed by atoms with E-state index in [2.05, 4.69) is 4.98 Å². The second-order valence-electron chi connectivity index (χ2n) is 3.33. The molecule has 0 amide bonds. The maximum absolute atomic E-state index is 9.97. The quantitative estimate of drug-likeness (QED) is 0.780. The highest BCUT2D eigenvalue weighted by atomic mass is 16.4. The Morgan fingerprint density at radius 2 is 2.20 bits per heavy atom. The summed E-state index contributed by atoms with van der Waals surface area (Å²) in [4.78, 5) is 3.91. The van der Waals surface area contributed by atoms with Gasteiger partial charge >= 0.3 is 0 Å². The molecule has 0 aliphatic carbocycles. The van der Waals surface area contributed by atoms with Gasteiger partial charge in [0.1, 0.15) is 23.4 Å². The summed E-state index contributed by atoms with van der Waals surface area (Å²) in [6, 6.07) is 6.98. The van der Waals surface area contributed by atoms with Crippen LogP contribution in [-0.2, 0) is 0 Å². The molecule has 3 N–H and O–H groups in total. The molecule has 15 heavy (non-hydrogen) atoms. The van der Waals surface area contributed by atoms with Gasteiger partial charge in [-0.2, -0.15) is 0 Å². The average molecular weight is 204 g/mol. The van der Waals surface area contributed by atoms with Crippen LogP contribution in [0.1, 0.15) is 23.2 Å². The maximum atomic E-state index is 9.97. The molecule has 0 radical (unpaired) electrons. The third kappa shape index (κ3) is 1.85. The number of nitrogens with two attached hydrogens (primary N) is 1. The minimum Gasteiger partial charge on any atom is -0.463 e. The van der Waals surface area contributed by atoms with Crippen molar-refractivity contribution in [3.05, 3.63) is 47.5 Å². The fourth-order valence-electron chi connectivity index (χ4n) is 1.41. The molecule has 0 aliphatic heterocycles. The molecule has 1 unspecified atom stereocenters. The van der Waals surface area contributed by atoms with E-state index in [0.717, 1.165) is 5.76 Å². The Labute approximate surface area is 87.4 Å². The highest BCUT2D eigenvalue weighted by molar-refractivity contribution is 5.42. The van der Waals surface area contributed by atoms with Crippen LogP contribution in [0, 0.1) is 6.92 Å². The lowest BCUT2D eigenvalue weighted by atomic mass is 10.1. The molecule has 4 heteroatoms. The monoisotopic (exact) mass is 204 g/mol. The van der Waals surface area contributed by atoms with Crippen molar-refractivity contribution >= 4 is 5.82 Å². The summed E-state index contributed by atoms with van der Waals surface area (Å²) in [7, 11) is 0. The average Bonchev–Trinajstić information content (AvgIpc) is 2.65. The van der Waals surface area contributed by atoms with Gasteiger partial charge in [-0.25, -0.2) is 4.98 Å². The van der Waals surface area contributed by atoms with Crippen LogP contribution in [0.25, 0.3) is 0 Å². The summed E-state index contributed by atoms with van der Waals surface area (Å²) in [5, 5.41) is 9.97. The SMILES string of the molecule is Cc1ccc(C(O)c2cccnc2N)o1. The van der Waals surface area contributed by atoms with Crippen LogP contribution in [0.2, 0.25) is 0 Å². The van der Waals surface area contributed by atoms with Crippen LogP contribution in [0.15, 0.2) is 34.9 Å². The minimum atomic E-state index is -0.854. The molecule has 2 heterocycles. The summed E-state index contributed by atoms with van der Waals surface area (Å²) in [6.45, 7) is 1.82. The predicted molar refractivity (Wildman–Crippen MR) is 56.2 cm³/mol. The molecule has 0 bridgehead atoms. The molecule has 4 nitrogen and oxygen atoms in total. The number of rotatable bonds is 2. The molecule has 0 spiro atoms. The zero-order chi connectivity index (χ0) is 10.8. The van der Waals surface area contributed by atoms with E-state index in [0.29, 0.717) is 17.1 Å². The number of pyridine rings is 1. The van der Waals surface area contributed by atoms with Crippen molar-refractivity contribution in [2.24, 2.45) is 0 Å². The number of aromatic nitrogens is 1. The zero-order valence-corrected chi connectivity index (χ0v) is 8.34. The lowest BCUT2D eigenvalue weighted by molar-refractivity contribution is 0.188. The van der Waals surface area contributed by atoms with Crippen LogP contribution < -0.4 is 5.73 Å². The zero-order valence-electron chi connectivity index (χ0n) is 8.34. The van der Waals surface area contributed by atoms with Crippen molar-refractivity contribution in [3.63, 3.8) is 0 Å². The van der Waals surface area contributed by atoms with E-state index < -0.39 is 6.10 Å². The molecule has 0 saturated heterocycles. The van der Waals surface area contributed by atoms with Gasteiger partial charge in [-0.3, -0.25) is 0 Å². The normalized spacial score (nSPS) is 12.7. The lowest BCUT2D eigenvalue weighted by Crippen LogP contribution is -2.04. The minimum absolute atomic E-state index is 0.319. The fraction of sp³-hybridized carbons (Fsp3) is 0.182. The van der Waals surface area contributed by atoms with Crippen LogP contribution in [0.4, 0.5) is 5.82 Å². The number of hydrogen-bond donors (Lipinski definition) is 2. The molecule has 0 saturated carbocycles. The van der Waals surface area contributed by atoms with E-state index in [1.165, 1.54) is 0 Å². The number of hydrogen-bond acceptors (Lipinski definition) is 4. The summed E-state index contributed by atoms with van der Waals surface area (Å²) >= 11 is 0. The third-order valence-corrected chi connectivity index (χ3v) is 2.20. The van der Waals surface area contributed by atoms with Gasteiger partial charge in [0.15, 0.2) is 0 Å². The van der Waals surface area contributed by atoms with Gasteiger partial charge in [0, 0.05) is 11.8 Å². The predicted octanol–water partition coefficient (Wildman–Crippen LogP) is 1.65. The van der Waals surface area contributed by atoms with Gasteiger partial charge in [-0.1, -0.05) is 6.07 Å². The van der Waals surface area contributed by atoms with Gasteiger partial charge in [0.2, 0.25) is 0 Å². The van der Waals surface area contributed by atoms with Gasteiger partial charge in [0.05, 0.1) is 0 Å². The first-order valence-electron chi connectivity index (χ1n) is 4.63. The number of aliphatic hydroxyl groups excluding tert-OH is 1. The molecule has 2 aromatic rings. The van der Waals surface area contributed by atoms with Crippen LogP contribution in [0.3, 0.4) is 0 Å². The van der Waals surface area contributed by atoms with Crippen molar-refractivity contribution < 1.29 is 9.52 Å². The summed E-state index contributed by atoms with van der Waals surface area (Å²) in [5.74, 6) is 1.55.